The molecule has 3 rings (SSSR count). The van der Waals surface area contributed by atoms with Gasteiger partial charge in [0.05, 0.1) is 11.9 Å². The van der Waals surface area contributed by atoms with Crippen molar-refractivity contribution in [1.82, 2.24) is 20.0 Å². The highest BCUT2D eigenvalue weighted by atomic mass is 16.1. The van der Waals surface area contributed by atoms with Gasteiger partial charge in [0.2, 0.25) is 0 Å². The van der Waals surface area contributed by atoms with Crippen molar-refractivity contribution in [2.24, 2.45) is 0 Å². The van der Waals surface area contributed by atoms with E-state index in [-0.39, 0.29) is 23.0 Å². The smallest absolute Gasteiger partial charge is 0.256 e. The van der Waals surface area contributed by atoms with E-state index in [1.54, 1.807) is 10.9 Å². The number of amides is 1. The summed E-state index contributed by atoms with van der Waals surface area (Å²) in [4.78, 5) is 15.4. The molecular formula is C22H33N5O. The molecule has 1 aromatic heterocycles. The lowest BCUT2D eigenvalue weighted by Crippen LogP contribution is -2.62. The van der Waals surface area contributed by atoms with Gasteiger partial charge in [0.1, 0.15) is 11.4 Å². The molecule has 1 aliphatic heterocycles. The van der Waals surface area contributed by atoms with Crippen molar-refractivity contribution in [3.8, 4) is 5.69 Å². The van der Waals surface area contributed by atoms with Crippen LogP contribution in [0.1, 0.15) is 62.0 Å². The largest absolute Gasteiger partial charge is 0.383 e. The number of nitrogens with one attached hydrogen (secondary N) is 1. The molecule has 152 valence electrons. The number of carbonyl (C=O) groups is 1. The number of piperidine rings is 1. The molecule has 1 amide bonds. The van der Waals surface area contributed by atoms with Gasteiger partial charge in [-0.15, -0.1) is 0 Å². The molecule has 2 aromatic rings. The maximum atomic E-state index is 13.0. The number of nitrogens with zero attached hydrogens (tertiary/aromatic N) is 3. The molecule has 1 fully saturated rings. The Morgan fingerprint density at radius 3 is 2.39 bits per heavy atom. The fourth-order valence-corrected chi connectivity index (χ4v) is 4.41. The second-order valence-corrected chi connectivity index (χ2v) is 9.41. The molecule has 0 atom stereocenters. The fourth-order valence-electron chi connectivity index (χ4n) is 4.41. The minimum Gasteiger partial charge on any atom is -0.383 e. The molecule has 6 heteroatoms. The third-order valence-corrected chi connectivity index (χ3v) is 6.29. The Hall–Kier alpha value is -2.34. The van der Waals surface area contributed by atoms with Crippen molar-refractivity contribution in [2.75, 3.05) is 12.8 Å². The molecule has 0 spiro atoms. The number of aryl methyl sites for hydroxylation is 2. The molecule has 0 radical (unpaired) electrons. The van der Waals surface area contributed by atoms with Crippen LogP contribution in [0.4, 0.5) is 5.82 Å². The molecule has 6 nitrogen and oxygen atoms in total. The number of likely N-dealkylation sites (tertiary alicyclic amines) is 1. The molecule has 1 aliphatic rings. The second-order valence-electron chi connectivity index (χ2n) is 9.41. The average Bonchev–Trinajstić information content (AvgIpc) is 2.96. The zero-order valence-electron chi connectivity index (χ0n) is 18.1. The summed E-state index contributed by atoms with van der Waals surface area (Å²) in [5.74, 6) is 0.216. The van der Waals surface area contributed by atoms with Crippen LogP contribution in [0, 0.1) is 13.8 Å². The molecule has 0 saturated carbocycles. The van der Waals surface area contributed by atoms with Gasteiger partial charge in [-0.25, -0.2) is 4.68 Å². The zero-order chi connectivity index (χ0) is 20.9. The van der Waals surface area contributed by atoms with E-state index >= 15 is 0 Å². The van der Waals surface area contributed by atoms with Crippen LogP contribution in [0.2, 0.25) is 0 Å². The monoisotopic (exact) mass is 383 g/mol. The number of nitrogen functional groups attached to an aromatic ring is 1. The van der Waals surface area contributed by atoms with Crippen molar-refractivity contribution >= 4 is 11.7 Å². The molecule has 0 bridgehead atoms. The predicted octanol–water partition coefficient (Wildman–Crippen LogP) is 3.45. The Labute approximate surface area is 168 Å². The van der Waals surface area contributed by atoms with Crippen molar-refractivity contribution in [3.63, 3.8) is 0 Å². The summed E-state index contributed by atoms with van der Waals surface area (Å²) in [6, 6.07) is 6.21. The summed E-state index contributed by atoms with van der Waals surface area (Å²) in [6.45, 7) is 12.9. The Morgan fingerprint density at radius 1 is 1.18 bits per heavy atom. The lowest BCUT2D eigenvalue weighted by molar-refractivity contribution is -0.0169. The molecule has 0 aliphatic carbocycles. The van der Waals surface area contributed by atoms with Crippen LogP contribution in [-0.2, 0) is 0 Å². The third-order valence-electron chi connectivity index (χ3n) is 6.29. The molecule has 1 saturated heterocycles. The van der Waals surface area contributed by atoms with E-state index in [1.807, 2.05) is 26.0 Å². The van der Waals surface area contributed by atoms with Gasteiger partial charge in [0.25, 0.3) is 5.91 Å². The number of rotatable bonds is 3. The minimum absolute atomic E-state index is 0.00804. The lowest BCUT2D eigenvalue weighted by Gasteiger charge is -2.53. The first-order valence-electron chi connectivity index (χ1n) is 9.88. The van der Waals surface area contributed by atoms with Crippen LogP contribution in [0.25, 0.3) is 5.69 Å². The number of hydrogen-bond acceptors (Lipinski definition) is 4. The number of benzene rings is 1. The summed E-state index contributed by atoms with van der Waals surface area (Å²) in [7, 11) is 2.16. The highest BCUT2D eigenvalue weighted by Crippen LogP contribution is 2.37. The second kappa shape index (κ2) is 6.92. The summed E-state index contributed by atoms with van der Waals surface area (Å²) < 4.78 is 1.65. The first-order valence-corrected chi connectivity index (χ1v) is 9.88. The molecule has 1 aromatic carbocycles. The summed E-state index contributed by atoms with van der Waals surface area (Å²) in [5, 5.41) is 7.59. The summed E-state index contributed by atoms with van der Waals surface area (Å²) >= 11 is 0. The molecular weight excluding hydrogens is 350 g/mol. The molecule has 0 unspecified atom stereocenters. The maximum Gasteiger partial charge on any atom is 0.256 e. The van der Waals surface area contributed by atoms with Crippen molar-refractivity contribution < 1.29 is 4.79 Å². The normalized spacial score (nSPS) is 19.5. The number of nitrogens with two attached hydrogens (primary N) is 1. The van der Waals surface area contributed by atoms with Crippen LogP contribution < -0.4 is 11.1 Å². The fraction of sp³-hybridized carbons (Fsp3) is 0.545. The van der Waals surface area contributed by atoms with Gasteiger partial charge in [-0.2, -0.15) is 5.10 Å². The first-order chi connectivity index (χ1) is 12.9. The number of hydrogen-bond donors (Lipinski definition) is 2. The van der Waals surface area contributed by atoms with E-state index in [9.17, 15) is 4.79 Å². The van der Waals surface area contributed by atoms with Gasteiger partial charge < -0.3 is 11.1 Å². The van der Waals surface area contributed by atoms with E-state index in [1.165, 1.54) is 0 Å². The third kappa shape index (κ3) is 3.65. The average molecular weight is 384 g/mol. The highest BCUT2D eigenvalue weighted by Gasteiger charge is 2.43. The Morgan fingerprint density at radius 2 is 1.79 bits per heavy atom. The van der Waals surface area contributed by atoms with E-state index < -0.39 is 0 Å². The van der Waals surface area contributed by atoms with E-state index in [2.05, 4.69) is 56.1 Å². The van der Waals surface area contributed by atoms with E-state index in [0.29, 0.717) is 11.4 Å². The lowest BCUT2D eigenvalue weighted by atomic mass is 9.77. The van der Waals surface area contributed by atoms with Crippen molar-refractivity contribution in [3.05, 3.63) is 41.1 Å². The van der Waals surface area contributed by atoms with Crippen LogP contribution in [0.15, 0.2) is 24.4 Å². The Balaban J connectivity index is 1.83. The molecule has 28 heavy (non-hydrogen) atoms. The molecule has 3 N–H and O–H groups in total. The van der Waals surface area contributed by atoms with Crippen LogP contribution >= 0.6 is 0 Å². The minimum atomic E-state index is -0.157. The maximum absolute atomic E-state index is 13.0. The van der Waals surface area contributed by atoms with Crippen LogP contribution in [0.5, 0.6) is 0 Å². The Kier molecular flexibility index (Phi) is 5.04. The standard InChI is InChI=1S/C22H33N5O/c1-14-8-9-15(2)18(10-14)27-19(23)17(13-24-27)20(28)25-16-11-21(3,4)26(7)22(5,6)12-16/h8-10,13,16H,11-12,23H2,1-7H3,(H,25,28). The zero-order valence-corrected chi connectivity index (χ0v) is 18.1. The van der Waals surface area contributed by atoms with Crippen molar-refractivity contribution in [1.29, 1.82) is 0 Å². The molecule has 2 heterocycles. The van der Waals surface area contributed by atoms with Gasteiger partial charge in [-0.3, -0.25) is 9.69 Å². The van der Waals surface area contributed by atoms with Gasteiger partial charge >= 0.3 is 0 Å². The predicted molar refractivity (Wildman–Crippen MR) is 114 cm³/mol. The SMILES string of the molecule is Cc1ccc(C)c(-n2ncc(C(=O)NC3CC(C)(C)N(C)C(C)(C)C3)c2N)c1. The summed E-state index contributed by atoms with van der Waals surface area (Å²) in [5.41, 5.74) is 9.85. The van der Waals surface area contributed by atoms with E-state index in [4.69, 9.17) is 5.73 Å². The highest BCUT2D eigenvalue weighted by molar-refractivity contribution is 5.98. The number of carbonyl (C=O) groups excluding carboxylic acids is 1. The van der Waals surface area contributed by atoms with Gasteiger partial charge in [-0.05, 0) is 78.6 Å². The Bertz CT molecular complexity index is 878. The number of anilines is 1. The van der Waals surface area contributed by atoms with Crippen LogP contribution in [0.3, 0.4) is 0 Å². The topological polar surface area (TPSA) is 76.2 Å². The van der Waals surface area contributed by atoms with Gasteiger partial charge in [-0.1, -0.05) is 12.1 Å². The summed E-state index contributed by atoms with van der Waals surface area (Å²) in [6.07, 6.45) is 3.35. The van der Waals surface area contributed by atoms with E-state index in [0.717, 1.165) is 29.7 Å². The van der Waals surface area contributed by atoms with Crippen molar-refractivity contribution in [2.45, 2.75) is 71.5 Å². The first kappa shape index (κ1) is 20.4. The van der Waals surface area contributed by atoms with Gasteiger partial charge in [0.15, 0.2) is 0 Å². The van der Waals surface area contributed by atoms with Gasteiger partial charge in [0, 0.05) is 17.1 Å². The number of aromatic nitrogens is 2. The quantitative estimate of drug-likeness (QED) is 0.851. The van der Waals surface area contributed by atoms with Crippen LogP contribution in [-0.4, -0.2) is 44.8 Å².